The van der Waals surface area contributed by atoms with Crippen LogP contribution in [0.15, 0.2) is 12.2 Å². The highest BCUT2D eigenvalue weighted by Gasteiger charge is 2.03. The van der Waals surface area contributed by atoms with Gasteiger partial charge in [-0.25, -0.2) is 4.79 Å². The summed E-state index contributed by atoms with van der Waals surface area (Å²) in [6, 6.07) is 0. The van der Waals surface area contributed by atoms with Crippen molar-refractivity contribution in [2.45, 2.75) is 46.0 Å². The molecule has 0 fully saturated rings. The number of rotatable bonds is 33. The van der Waals surface area contributed by atoms with Gasteiger partial charge in [0, 0.05) is 12.0 Å². The van der Waals surface area contributed by atoms with Crippen molar-refractivity contribution in [3.05, 3.63) is 12.2 Å². The molecule has 0 unspecified atom stereocenters. The summed E-state index contributed by atoms with van der Waals surface area (Å²) < 4.78 is 53.3. The number of hydrogen-bond donors (Lipinski definition) is 0. The zero-order valence-corrected chi connectivity index (χ0v) is 25.4. The Kier molecular flexibility index (Phi) is 31.6. The van der Waals surface area contributed by atoms with Crippen molar-refractivity contribution in [3.63, 3.8) is 0 Å². The third-order valence-electron chi connectivity index (χ3n) is 5.14. The molecule has 0 aromatic heterocycles. The van der Waals surface area contributed by atoms with Crippen LogP contribution in [0.25, 0.3) is 0 Å². The van der Waals surface area contributed by atoms with E-state index in [4.69, 9.17) is 47.4 Å². The highest BCUT2D eigenvalue weighted by atomic mass is 16.6. The first kappa shape index (κ1) is 39.4. The van der Waals surface area contributed by atoms with E-state index in [1.54, 1.807) is 6.92 Å². The third-order valence-corrected chi connectivity index (χ3v) is 5.14. The molecular weight excluding hydrogens is 540 g/mol. The zero-order valence-electron chi connectivity index (χ0n) is 25.4. The lowest BCUT2D eigenvalue weighted by molar-refractivity contribution is -0.145. The molecule has 0 spiro atoms. The summed E-state index contributed by atoms with van der Waals surface area (Å²) >= 11 is 0. The molecule has 0 aliphatic heterocycles. The van der Waals surface area contributed by atoms with E-state index in [2.05, 4.69) is 13.5 Å². The predicted octanol–water partition coefficient (Wildman–Crippen LogP) is 2.75. The molecule has 0 aromatic rings. The van der Waals surface area contributed by atoms with Crippen molar-refractivity contribution in [2.75, 3.05) is 119 Å². The number of ether oxygens (including phenoxy) is 10. The molecule has 41 heavy (non-hydrogen) atoms. The highest BCUT2D eigenvalue weighted by molar-refractivity contribution is 5.86. The fourth-order valence-electron chi connectivity index (χ4n) is 2.94. The van der Waals surface area contributed by atoms with E-state index in [9.17, 15) is 9.59 Å². The average Bonchev–Trinajstić information content (AvgIpc) is 2.96. The Hall–Kier alpha value is -1.64. The van der Waals surface area contributed by atoms with Gasteiger partial charge in [-0.05, 0) is 13.3 Å². The highest BCUT2D eigenvalue weighted by Crippen LogP contribution is 2.03. The van der Waals surface area contributed by atoms with Crippen molar-refractivity contribution in [1.29, 1.82) is 0 Å². The van der Waals surface area contributed by atoms with E-state index in [1.807, 2.05) is 0 Å². The van der Waals surface area contributed by atoms with E-state index < -0.39 is 5.97 Å². The summed E-state index contributed by atoms with van der Waals surface area (Å²) in [6.07, 6.45) is 4.75. The largest absolute Gasteiger partial charge is 0.463 e. The van der Waals surface area contributed by atoms with Gasteiger partial charge < -0.3 is 47.4 Å². The predicted molar refractivity (Wildman–Crippen MR) is 152 cm³/mol. The summed E-state index contributed by atoms with van der Waals surface area (Å²) in [5.41, 5.74) is 0.369. The van der Waals surface area contributed by atoms with Crippen molar-refractivity contribution >= 4 is 11.9 Å². The third kappa shape index (κ3) is 32.7. The van der Waals surface area contributed by atoms with Crippen LogP contribution in [0.4, 0.5) is 0 Å². The molecule has 242 valence electrons. The Morgan fingerprint density at radius 3 is 1.10 bits per heavy atom. The second-order valence-electron chi connectivity index (χ2n) is 8.85. The van der Waals surface area contributed by atoms with Gasteiger partial charge in [0.1, 0.15) is 13.2 Å². The Morgan fingerprint density at radius 1 is 0.463 bits per heavy atom. The Morgan fingerprint density at radius 2 is 0.780 bits per heavy atom. The van der Waals surface area contributed by atoms with Crippen LogP contribution in [0.2, 0.25) is 0 Å². The quantitative estimate of drug-likeness (QED) is 0.0630. The molecule has 12 heteroatoms. The second-order valence-corrected chi connectivity index (χ2v) is 8.85. The normalized spacial score (nSPS) is 11.1. The molecular formula is C29H54O12. The maximum atomic E-state index is 11.5. The van der Waals surface area contributed by atoms with Crippen molar-refractivity contribution < 1.29 is 57.0 Å². The van der Waals surface area contributed by atoms with E-state index in [-0.39, 0.29) is 19.2 Å². The van der Waals surface area contributed by atoms with Crippen LogP contribution in [-0.2, 0) is 57.0 Å². The first-order valence-electron chi connectivity index (χ1n) is 14.7. The lowest BCUT2D eigenvalue weighted by Crippen LogP contribution is -2.15. The van der Waals surface area contributed by atoms with Gasteiger partial charge >= 0.3 is 11.9 Å². The van der Waals surface area contributed by atoms with Gasteiger partial charge in [-0.15, -0.1) is 0 Å². The van der Waals surface area contributed by atoms with Gasteiger partial charge in [0.05, 0.1) is 106 Å². The van der Waals surface area contributed by atoms with Crippen LogP contribution in [0.3, 0.4) is 0 Å². The monoisotopic (exact) mass is 594 g/mol. The van der Waals surface area contributed by atoms with E-state index in [1.165, 1.54) is 0 Å². The van der Waals surface area contributed by atoms with Crippen molar-refractivity contribution in [2.24, 2.45) is 0 Å². The molecule has 0 saturated carbocycles. The van der Waals surface area contributed by atoms with E-state index in [0.717, 1.165) is 25.7 Å². The lowest BCUT2D eigenvalue weighted by Gasteiger charge is -2.09. The fourth-order valence-corrected chi connectivity index (χ4v) is 2.94. The van der Waals surface area contributed by atoms with Crippen LogP contribution in [-0.4, -0.2) is 131 Å². The van der Waals surface area contributed by atoms with Crippen LogP contribution >= 0.6 is 0 Å². The second kappa shape index (κ2) is 32.9. The first-order valence-corrected chi connectivity index (χ1v) is 14.7. The smallest absolute Gasteiger partial charge is 0.333 e. The number of carbonyl (C=O) groups is 2. The van der Waals surface area contributed by atoms with Gasteiger partial charge in [-0.3, -0.25) is 4.79 Å². The summed E-state index contributed by atoms with van der Waals surface area (Å²) in [4.78, 5) is 22.7. The van der Waals surface area contributed by atoms with Gasteiger partial charge in [0.2, 0.25) is 0 Å². The minimum atomic E-state index is -0.414. The number of unbranched alkanes of at least 4 members (excludes halogenated alkanes) is 3. The summed E-state index contributed by atoms with van der Waals surface area (Å²) in [5.74, 6) is -0.570. The van der Waals surface area contributed by atoms with E-state index in [0.29, 0.717) is 118 Å². The zero-order chi connectivity index (χ0) is 30.1. The molecule has 0 atom stereocenters. The Balaban J connectivity index is 3.11. The molecule has 0 rings (SSSR count). The van der Waals surface area contributed by atoms with Crippen LogP contribution in [0, 0.1) is 0 Å². The summed E-state index contributed by atoms with van der Waals surface area (Å²) in [5, 5.41) is 0. The van der Waals surface area contributed by atoms with Crippen LogP contribution < -0.4 is 0 Å². The molecule has 12 nitrogen and oxygen atoms in total. The molecule has 0 radical (unpaired) electrons. The maximum absolute atomic E-state index is 11.5. The maximum Gasteiger partial charge on any atom is 0.333 e. The van der Waals surface area contributed by atoms with Crippen LogP contribution in [0.1, 0.15) is 46.0 Å². The molecule has 0 heterocycles. The summed E-state index contributed by atoms with van der Waals surface area (Å²) in [7, 11) is 0. The van der Waals surface area contributed by atoms with Crippen LogP contribution in [0.5, 0.6) is 0 Å². The Bertz CT molecular complexity index is 602. The summed E-state index contributed by atoms with van der Waals surface area (Å²) in [6.45, 7) is 15.0. The van der Waals surface area contributed by atoms with Gasteiger partial charge in [-0.1, -0.05) is 32.8 Å². The number of carbonyl (C=O) groups excluding carboxylic acids is 2. The Labute approximate surface area is 246 Å². The molecule has 0 aliphatic rings. The molecule has 0 saturated heterocycles. The molecule has 0 N–H and O–H groups in total. The topological polar surface area (TPSA) is 126 Å². The lowest BCUT2D eigenvalue weighted by atomic mass is 10.2. The minimum Gasteiger partial charge on any atom is -0.463 e. The number of esters is 2. The molecule has 0 aromatic carbocycles. The molecule has 0 amide bonds. The van der Waals surface area contributed by atoms with Gasteiger partial charge in [0.25, 0.3) is 0 Å². The van der Waals surface area contributed by atoms with Crippen molar-refractivity contribution in [3.8, 4) is 0 Å². The first-order chi connectivity index (χ1) is 20.1. The minimum absolute atomic E-state index is 0.156. The number of hydrogen-bond acceptors (Lipinski definition) is 12. The van der Waals surface area contributed by atoms with Crippen molar-refractivity contribution in [1.82, 2.24) is 0 Å². The molecule has 0 bridgehead atoms. The fraction of sp³-hybridized carbons (Fsp3) is 0.862. The standard InChI is InChI=1S/C29H54O12/c1-4-5-6-7-8-28(30)40-25-23-38-21-19-36-17-15-34-13-11-32-9-10-33-12-14-35-16-18-37-20-22-39-24-26-41-29(31)27(2)3/h2,4-26H2,1,3H3. The molecule has 0 aliphatic carbocycles. The average molecular weight is 595 g/mol. The van der Waals surface area contributed by atoms with Gasteiger partial charge in [-0.2, -0.15) is 0 Å². The van der Waals surface area contributed by atoms with Gasteiger partial charge in [0.15, 0.2) is 0 Å². The SMILES string of the molecule is C=C(C)C(=O)OCCOCCOCCOCCOCCOCCOCCOCCOCCOC(=O)CCCCCC. The van der Waals surface area contributed by atoms with E-state index >= 15 is 0 Å².